The molecule has 11 aromatic carbocycles. The highest BCUT2D eigenvalue weighted by Gasteiger charge is 2.57. The Labute approximate surface area is 537 Å². The van der Waals surface area contributed by atoms with E-state index >= 15 is 0 Å². The van der Waals surface area contributed by atoms with Gasteiger partial charge in [0.25, 0.3) is 0 Å². The minimum absolute atomic E-state index is 0.731. The van der Waals surface area contributed by atoms with Gasteiger partial charge in [-0.15, -0.1) is 0 Å². The van der Waals surface area contributed by atoms with E-state index in [0.29, 0.717) is 0 Å². The summed E-state index contributed by atoms with van der Waals surface area (Å²) < 4.78 is 61.1. The van der Waals surface area contributed by atoms with Gasteiger partial charge in [0.1, 0.15) is 57.5 Å². The number of methoxy groups -OCH3 is 10. The molecule has 4 heterocycles. The lowest BCUT2D eigenvalue weighted by Gasteiger charge is -2.50. The van der Waals surface area contributed by atoms with Crippen molar-refractivity contribution in [3.63, 3.8) is 0 Å². The van der Waals surface area contributed by atoms with Gasteiger partial charge in [0.2, 0.25) is 0 Å². The van der Waals surface area contributed by atoms with Crippen LogP contribution in [0.25, 0.3) is 0 Å². The van der Waals surface area contributed by atoms with E-state index in [1.807, 2.05) is 24.3 Å². The van der Waals surface area contributed by atoms with Gasteiger partial charge in [-0.05, 0) is 260 Å². The summed E-state index contributed by atoms with van der Waals surface area (Å²) in [6.45, 7) is 0. The lowest BCUT2D eigenvalue weighted by molar-refractivity contribution is 0.414. The molecule has 458 valence electrons. The van der Waals surface area contributed by atoms with Crippen molar-refractivity contribution >= 4 is 126 Å². The lowest BCUT2D eigenvalue weighted by Crippen LogP contribution is -2.79. The van der Waals surface area contributed by atoms with Crippen molar-refractivity contribution in [3.05, 3.63) is 218 Å². The molecule has 0 saturated carbocycles. The van der Waals surface area contributed by atoms with Crippen molar-refractivity contribution in [2.24, 2.45) is 0 Å². The predicted octanol–water partition coefficient (Wildman–Crippen LogP) is 11.7. The third-order valence-corrected chi connectivity index (χ3v) is 28.5. The Kier molecular flexibility index (Phi) is 14.1. The molecule has 0 radical (unpaired) electrons. The molecule has 2 spiro atoms. The Hall–Kier alpha value is -10.9. The summed E-state index contributed by atoms with van der Waals surface area (Å²) >= 11 is 0. The molecule has 0 saturated heterocycles. The van der Waals surface area contributed by atoms with E-state index in [9.17, 15) is 0 Å². The van der Waals surface area contributed by atoms with Crippen LogP contribution >= 0.6 is 0 Å². The molecule has 14 nitrogen and oxygen atoms in total. The lowest BCUT2D eigenvalue weighted by atomic mass is 10.1. The highest BCUT2D eigenvalue weighted by Crippen LogP contribution is 2.50. The highest BCUT2D eigenvalue weighted by atomic mass is 28.3. The van der Waals surface area contributed by atoms with Gasteiger partial charge in [0.15, 0.2) is 16.1 Å². The van der Waals surface area contributed by atoms with Crippen molar-refractivity contribution in [1.82, 2.24) is 0 Å². The van der Waals surface area contributed by atoms with Crippen LogP contribution in [0, 0.1) is 0 Å². The molecule has 0 fully saturated rings. The zero-order chi connectivity index (χ0) is 63.2. The third-order valence-electron chi connectivity index (χ3n) is 18.8. The first-order valence-electron chi connectivity index (χ1n) is 30.2. The molecule has 0 aromatic heterocycles. The van der Waals surface area contributed by atoms with E-state index < -0.39 is 16.1 Å². The summed E-state index contributed by atoms with van der Waals surface area (Å²) in [4.78, 5) is 9.47. The van der Waals surface area contributed by atoms with Crippen LogP contribution in [0.3, 0.4) is 0 Å². The molecule has 0 aliphatic carbocycles. The van der Waals surface area contributed by atoms with Gasteiger partial charge >= 0.3 is 0 Å². The molecular formula is C76H66N4O10Si2. The van der Waals surface area contributed by atoms with Gasteiger partial charge in [-0.1, -0.05) is 0 Å². The van der Waals surface area contributed by atoms with Crippen LogP contribution in [0.4, 0.5) is 68.2 Å². The molecule has 0 amide bonds. The van der Waals surface area contributed by atoms with Gasteiger partial charge in [0, 0.05) is 68.2 Å². The number of fused-ring (bicyclic) bond motifs is 16. The maximum atomic E-state index is 6.24. The summed E-state index contributed by atoms with van der Waals surface area (Å²) in [7, 11) is 10.2. The van der Waals surface area contributed by atoms with E-state index in [4.69, 9.17) is 47.4 Å². The van der Waals surface area contributed by atoms with Crippen molar-refractivity contribution in [2.75, 3.05) is 90.7 Å². The van der Waals surface area contributed by atoms with Crippen molar-refractivity contribution in [1.29, 1.82) is 0 Å². The summed E-state index contributed by atoms with van der Waals surface area (Å²) in [5.41, 5.74) is 12.0. The Balaban J connectivity index is 0.953. The quantitative estimate of drug-likeness (QED) is 0.0965. The molecule has 92 heavy (non-hydrogen) atoms. The third kappa shape index (κ3) is 8.43. The fourth-order valence-electron chi connectivity index (χ4n) is 14.7. The van der Waals surface area contributed by atoms with Crippen LogP contribution in [0.2, 0.25) is 0 Å². The first-order chi connectivity index (χ1) is 45.1. The normalized spacial score (nSPS) is 13.8. The highest BCUT2D eigenvalue weighted by molar-refractivity contribution is 7.24. The number of anilines is 12. The second-order valence-corrected chi connectivity index (χ2v) is 30.1. The van der Waals surface area contributed by atoms with Crippen molar-refractivity contribution in [2.45, 2.75) is 0 Å². The molecule has 4 aliphatic heterocycles. The molecular weight excluding hydrogens is 1190 g/mol. The molecule has 4 aliphatic rings. The minimum Gasteiger partial charge on any atom is -0.497 e. The fourth-order valence-corrected chi connectivity index (χ4v) is 25.7. The molecule has 0 bridgehead atoms. The minimum atomic E-state index is -3.53. The van der Waals surface area contributed by atoms with Crippen molar-refractivity contribution in [3.8, 4) is 57.5 Å². The van der Waals surface area contributed by atoms with Gasteiger partial charge in [0.05, 0.1) is 71.1 Å². The van der Waals surface area contributed by atoms with Crippen LogP contribution in [0.15, 0.2) is 218 Å². The second-order valence-electron chi connectivity index (χ2n) is 22.8. The van der Waals surface area contributed by atoms with Crippen LogP contribution in [0.5, 0.6) is 57.5 Å². The van der Waals surface area contributed by atoms with E-state index in [0.717, 1.165) is 167 Å². The number of benzene rings is 11. The molecule has 0 unspecified atom stereocenters. The SMILES string of the molecule is COc1ccc(N2c3ccc(OC)cc3[Si]3(c4cc(OC)ccc42)c2cc(OC)ccc2N(c2ccc(N4c5ccc(OC)cc5[Si]5(c6cc(OC)ccc6N(c6ccc(OC)cc6)c6ccc(OC)cc65)c5cc(OC)ccc54)cc2)c2ccc(OC)cc23)cc1. The first kappa shape index (κ1) is 57.5. The monoisotopic (exact) mass is 1250 g/mol. The Morgan fingerprint density at radius 2 is 0.304 bits per heavy atom. The van der Waals surface area contributed by atoms with E-state index in [-0.39, 0.29) is 0 Å². The van der Waals surface area contributed by atoms with Crippen LogP contribution < -0.4 is 108 Å². The van der Waals surface area contributed by atoms with E-state index in [1.165, 1.54) is 0 Å². The largest absolute Gasteiger partial charge is 0.497 e. The standard InChI is InChI=1S/C76H66N4O10Si2/c1-81-51-19-15-49(16-20-51)79-65-35-27-57(87-7)43-73(65)91(74-44-58(88-8)28-36-66(74)79)69-39-53(83-3)23-31-61(69)77(62-32-24-54(84-4)40-70(62)91)47-11-13-48(14-12-47)78-63-33-25-55(85-5)41-71(63)92(72-42-56(86-6)26-34-64(72)78)75-45-59(89-9)29-37-67(75)80(50-17-21-52(82-2)22-18-50)68-38-30-60(90-10)46-76(68)92/h11-46H,1-10H3. The Bertz CT molecular complexity index is 4200. The topological polar surface area (TPSA) is 105 Å². The number of rotatable bonds is 14. The number of hydrogen-bond acceptors (Lipinski definition) is 14. The molecule has 0 N–H and O–H groups in total. The average Bonchev–Trinajstić information content (AvgIpc) is 0.681. The average molecular weight is 1250 g/mol. The van der Waals surface area contributed by atoms with Gasteiger partial charge in [-0.25, -0.2) is 0 Å². The maximum absolute atomic E-state index is 6.24. The van der Waals surface area contributed by atoms with E-state index in [2.05, 4.69) is 214 Å². The summed E-state index contributed by atoms with van der Waals surface area (Å²) in [6, 6.07) is 77.4. The molecule has 11 aromatic rings. The van der Waals surface area contributed by atoms with Crippen LogP contribution in [-0.2, 0) is 0 Å². The smallest absolute Gasteiger partial charge is 0.188 e. The Morgan fingerprint density at radius 3 is 0.446 bits per heavy atom. The second kappa shape index (κ2) is 22.5. The fraction of sp³-hybridized carbons (Fsp3) is 0.132. The summed E-state index contributed by atoms with van der Waals surface area (Å²) in [6.07, 6.45) is 0. The number of hydrogen-bond donors (Lipinski definition) is 0. The van der Waals surface area contributed by atoms with Crippen LogP contribution in [-0.4, -0.2) is 87.2 Å². The Morgan fingerprint density at radius 1 is 0.174 bits per heavy atom. The predicted molar refractivity (Wildman–Crippen MR) is 372 cm³/mol. The number of ether oxygens (including phenoxy) is 10. The molecule has 0 atom stereocenters. The zero-order valence-corrected chi connectivity index (χ0v) is 54.7. The zero-order valence-electron chi connectivity index (χ0n) is 52.7. The van der Waals surface area contributed by atoms with Gasteiger partial charge in [-0.2, -0.15) is 0 Å². The van der Waals surface area contributed by atoms with E-state index in [1.54, 1.807) is 71.1 Å². The molecule has 16 heteroatoms. The summed E-state index contributed by atoms with van der Waals surface area (Å²) in [5, 5.41) is 8.95. The number of nitrogens with zero attached hydrogens (tertiary/aromatic N) is 4. The van der Waals surface area contributed by atoms with Crippen molar-refractivity contribution < 1.29 is 47.4 Å². The first-order valence-corrected chi connectivity index (χ1v) is 34.2. The maximum Gasteiger partial charge on any atom is 0.188 e. The van der Waals surface area contributed by atoms with Crippen LogP contribution in [0.1, 0.15) is 0 Å². The van der Waals surface area contributed by atoms with Gasteiger partial charge < -0.3 is 67.0 Å². The summed E-state index contributed by atoms with van der Waals surface area (Å²) in [5.74, 6) is 7.41. The van der Waals surface area contributed by atoms with Gasteiger partial charge in [-0.3, -0.25) is 0 Å². The molecule has 15 rings (SSSR count).